The van der Waals surface area contributed by atoms with Crippen LogP contribution in [0.3, 0.4) is 0 Å². The molecule has 0 radical (unpaired) electrons. The van der Waals surface area contributed by atoms with Gasteiger partial charge in [-0.25, -0.2) is 13.6 Å². The van der Waals surface area contributed by atoms with Gasteiger partial charge in [0.25, 0.3) is 0 Å². The van der Waals surface area contributed by atoms with Gasteiger partial charge in [-0.15, -0.1) is 11.6 Å². The van der Waals surface area contributed by atoms with Gasteiger partial charge < -0.3 is 19.9 Å². The Balaban J connectivity index is 1.82. The molecule has 1 saturated carbocycles. The Bertz CT molecular complexity index is 1120. The number of aromatic carboxylic acids is 1. The number of hydrogen-bond donors (Lipinski definition) is 2. The number of fused-ring (bicyclic) bond motifs is 1. The van der Waals surface area contributed by atoms with Crippen molar-refractivity contribution in [2.45, 2.75) is 31.2 Å². The average Bonchev–Trinajstić information content (AvgIpc) is 3.44. The van der Waals surface area contributed by atoms with Crippen molar-refractivity contribution in [3.8, 4) is 0 Å². The third-order valence-corrected chi connectivity index (χ3v) is 6.14. The van der Waals surface area contributed by atoms with Gasteiger partial charge in [0.1, 0.15) is 17.1 Å². The molecular weight excluding hydrogens is 420 g/mol. The Kier molecular flexibility index (Phi) is 5.17. The number of amides is 1. The largest absolute Gasteiger partial charge is 0.477 e. The Hall–Kier alpha value is -2.68. The summed E-state index contributed by atoms with van der Waals surface area (Å²) in [6.07, 6.45) is 2.58. The average molecular weight is 440 g/mol. The Morgan fingerprint density at radius 3 is 2.60 bits per heavy atom. The van der Waals surface area contributed by atoms with Crippen molar-refractivity contribution >= 4 is 40.1 Å². The van der Waals surface area contributed by atoms with Crippen LogP contribution in [0.1, 0.15) is 36.2 Å². The van der Waals surface area contributed by atoms with E-state index in [0.29, 0.717) is 0 Å². The van der Waals surface area contributed by atoms with Gasteiger partial charge in [0.15, 0.2) is 5.82 Å². The van der Waals surface area contributed by atoms with E-state index < -0.39 is 34.0 Å². The molecule has 2 aromatic rings. The van der Waals surface area contributed by atoms with Gasteiger partial charge in [0.2, 0.25) is 11.3 Å². The van der Waals surface area contributed by atoms with Gasteiger partial charge in [0.05, 0.1) is 16.3 Å². The maximum Gasteiger partial charge on any atom is 0.341 e. The summed E-state index contributed by atoms with van der Waals surface area (Å²) in [6.45, 7) is 2.06. The summed E-state index contributed by atoms with van der Waals surface area (Å²) in [5.41, 5.74) is -1.83. The molecule has 2 heterocycles. The maximum absolute atomic E-state index is 15.6. The fourth-order valence-electron chi connectivity index (χ4n) is 4.00. The molecule has 2 N–H and O–H groups in total. The molecule has 30 heavy (non-hydrogen) atoms. The first-order valence-corrected chi connectivity index (χ1v) is 10.1. The van der Waals surface area contributed by atoms with E-state index >= 15 is 4.39 Å². The van der Waals surface area contributed by atoms with E-state index in [4.69, 9.17) is 11.6 Å². The molecule has 0 bridgehead atoms. The lowest BCUT2D eigenvalue weighted by molar-refractivity contribution is -0.119. The summed E-state index contributed by atoms with van der Waals surface area (Å²) in [4.78, 5) is 36.6. The first-order valence-electron chi connectivity index (χ1n) is 9.62. The topological polar surface area (TPSA) is 91.6 Å². The van der Waals surface area contributed by atoms with Crippen LogP contribution in [0.5, 0.6) is 0 Å². The molecule has 2 atom stereocenters. The van der Waals surface area contributed by atoms with Crippen molar-refractivity contribution in [1.29, 1.82) is 0 Å². The van der Waals surface area contributed by atoms with Crippen LogP contribution in [0.4, 0.5) is 14.5 Å². The standard InChI is InChI=1S/C20H20ClF2N3O4/c1-9(27)24-5-10-6-25(8-14(10)21)18-15(22)4-12-17(16(18)23)26(11-2-3-11)7-13(19(12)28)20(29)30/h4,7,10-11,14H,2-3,5-6,8H2,1H3,(H,24,27)(H,29,30)/t10-,14+/m1/s1. The molecule has 7 nitrogen and oxygen atoms in total. The number of carboxylic acids is 1. The molecule has 0 unspecified atom stereocenters. The molecule has 2 aliphatic rings. The van der Waals surface area contributed by atoms with Gasteiger partial charge in [0, 0.05) is 44.7 Å². The van der Waals surface area contributed by atoms with Crippen LogP contribution < -0.4 is 15.6 Å². The number of halogens is 3. The van der Waals surface area contributed by atoms with Gasteiger partial charge >= 0.3 is 5.97 Å². The van der Waals surface area contributed by atoms with Crippen molar-refractivity contribution in [3.63, 3.8) is 0 Å². The third kappa shape index (κ3) is 3.51. The molecule has 2 fully saturated rings. The lowest BCUT2D eigenvalue weighted by atomic mass is 10.1. The fraction of sp³-hybridized carbons (Fsp3) is 0.450. The highest BCUT2D eigenvalue weighted by Crippen LogP contribution is 2.40. The smallest absolute Gasteiger partial charge is 0.341 e. The molecule has 4 rings (SSSR count). The number of carboxylic acid groups (broad SMARTS) is 1. The number of benzene rings is 1. The minimum atomic E-state index is -1.44. The molecule has 10 heteroatoms. The first kappa shape index (κ1) is 20.6. The Labute approximate surface area is 175 Å². The second-order valence-electron chi connectivity index (χ2n) is 7.85. The van der Waals surface area contributed by atoms with Crippen LogP contribution >= 0.6 is 11.6 Å². The van der Waals surface area contributed by atoms with Crippen molar-refractivity contribution in [2.24, 2.45) is 5.92 Å². The predicted molar refractivity (Wildman–Crippen MR) is 107 cm³/mol. The second-order valence-corrected chi connectivity index (χ2v) is 8.41. The number of nitrogens with zero attached hydrogens (tertiary/aromatic N) is 2. The van der Waals surface area contributed by atoms with Crippen molar-refractivity contribution in [3.05, 3.63) is 39.7 Å². The van der Waals surface area contributed by atoms with E-state index in [1.165, 1.54) is 16.4 Å². The fourth-order valence-corrected chi connectivity index (χ4v) is 4.33. The molecule has 1 aromatic carbocycles. The zero-order chi connectivity index (χ0) is 21.7. The van der Waals surface area contributed by atoms with E-state index in [2.05, 4.69) is 5.32 Å². The summed E-state index contributed by atoms with van der Waals surface area (Å²) < 4.78 is 32.0. The summed E-state index contributed by atoms with van der Waals surface area (Å²) >= 11 is 6.34. The first-order chi connectivity index (χ1) is 14.2. The number of alkyl halides is 1. The normalized spacial score (nSPS) is 21.3. The van der Waals surface area contributed by atoms with E-state index in [1.54, 1.807) is 0 Å². The number of pyridine rings is 1. The summed E-state index contributed by atoms with van der Waals surface area (Å²) in [7, 11) is 0. The third-order valence-electron chi connectivity index (χ3n) is 5.65. The van der Waals surface area contributed by atoms with E-state index in [-0.39, 0.29) is 54.1 Å². The van der Waals surface area contributed by atoms with E-state index in [9.17, 15) is 23.9 Å². The molecule has 1 amide bonds. The predicted octanol–water partition coefficient (Wildman–Crippen LogP) is 2.49. The Morgan fingerprint density at radius 1 is 1.30 bits per heavy atom. The highest BCUT2D eigenvalue weighted by Gasteiger charge is 2.36. The van der Waals surface area contributed by atoms with Crippen molar-refractivity contribution in [2.75, 3.05) is 24.5 Å². The van der Waals surface area contributed by atoms with Crippen LogP contribution in [-0.2, 0) is 4.79 Å². The zero-order valence-electron chi connectivity index (χ0n) is 16.1. The number of rotatable bonds is 5. The highest BCUT2D eigenvalue weighted by molar-refractivity contribution is 6.21. The number of anilines is 1. The number of carbonyl (C=O) groups is 2. The van der Waals surface area contributed by atoms with Gasteiger partial charge in [-0.3, -0.25) is 9.59 Å². The molecule has 1 saturated heterocycles. The monoisotopic (exact) mass is 439 g/mol. The summed E-state index contributed by atoms with van der Waals surface area (Å²) in [5.74, 6) is -3.72. The van der Waals surface area contributed by atoms with Crippen LogP contribution in [0.2, 0.25) is 0 Å². The second kappa shape index (κ2) is 7.54. The lowest BCUT2D eigenvalue weighted by Gasteiger charge is -2.22. The quantitative estimate of drug-likeness (QED) is 0.698. The minimum Gasteiger partial charge on any atom is -0.477 e. The van der Waals surface area contributed by atoms with Crippen LogP contribution in [-0.4, -0.2) is 46.6 Å². The van der Waals surface area contributed by atoms with Crippen molar-refractivity contribution < 1.29 is 23.5 Å². The Morgan fingerprint density at radius 2 is 2.00 bits per heavy atom. The molecule has 1 aliphatic heterocycles. The van der Waals surface area contributed by atoms with E-state index in [0.717, 1.165) is 25.1 Å². The zero-order valence-corrected chi connectivity index (χ0v) is 16.9. The molecule has 160 valence electrons. The van der Waals surface area contributed by atoms with Gasteiger partial charge in [-0.05, 0) is 18.9 Å². The SMILES string of the molecule is CC(=O)NC[C@@H]1CN(c2c(F)cc3c(=O)c(C(=O)O)cn(C4CC4)c3c2F)C[C@@H]1Cl. The maximum atomic E-state index is 15.6. The van der Waals surface area contributed by atoms with Crippen LogP contribution in [0.25, 0.3) is 10.9 Å². The van der Waals surface area contributed by atoms with Crippen molar-refractivity contribution in [1.82, 2.24) is 9.88 Å². The van der Waals surface area contributed by atoms with E-state index in [1.807, 2.05) is 0 Å². The molecule has 0 spiro atoms. The summed E-state index contributed by atoms with van der Waals surface area (Å²) in [5, 5.41) is 11.3. The molecule has 1 aromatic heterocycles. The summed E-state index contributed by atoms with van der Waals surface area (Å²) in [6, 6.07) is 0.775. The van der Waals surface area contributed by atoms with Gasteiger partial charge in [-0.2, -0.15) is 0 Å². The molecular formula is C20H20ClF2N3O4. The number of carbonyl (C=O) groups excluding carboxylic acids is 1. The van der Waals surface area contributed by atoms with Crippen LogP contribution in [0.15, 0.2) is 17.1 Å². The number of hydrogen-bond acceptors (Lipinski definition) is 4. The lowest BCUT2D eigenvalue weighted by Crippen LogP contribution is -2.31. The van der Waals surface area contributed by atoms with Gasteiger partial charge in [-0.1, -0.05) is 0 Å². The highest BCUT2D eigenvalue weighted by atomic mass is 35.5. The molecule has 1 aliphatic carbocycles. The number of aromatic nitrogens is 1. The van der Waals surface area contributed by atoms with Crippen LogP contribution in [0, 0.1) is 17.6 Å². The number of nitrogens with one attached hydrogen (secondary N) is 1. The minimum absolute atomic E-state index is 0.0969.